The molecule has 1 aromatic heterocycles. The van der Waals surface area contributed by atoms with E-state index >= 15 is 0 Å². The number of piperazine rings is 1. The standard InChI is InChI=1S/C24H38N6O7/c1-8-35-21(31)18-19(30(33)34)20(26-22(25-18)36-14-17-10-9-11-27(17)7)29-15(2)12-28(13-16(29)3)23(32)37-24(4,5)6/h15-17H,8-14H2,1-7H3/t15-,16-,17-/m0/s1. The fourth-order valence-corrected chi connectivity index (χ4v) is 4.75. The van der Waals surface area contributed by atoms with Crippen molar-refractivity contribution in [3.63, 3.8) is 0 Å². The molecule has 0 bridgehead atoms. The Kier molecular flexibility index (Phi) is 8.77. The monoisotopic (exact) mass is 522 g/mol. The van der Waals surface area contributed by atoms with Gasteiger partial charge in [-0.3, -0.25) is 10.1 Å². The lowest BCUT2D eigenvalue weighted by molar-refractivity contribution is -0.385. The van der Waals surface area contributed by atoms with Gasteiger partial charge in [-0.15, -0.1) is 0 Å². The first-order valence-electron chi connectivity index (χ1n) is 12.6. The van der Waals surface area contributed by atoms with Crippen LogP contribution in [0.2, 0.25) is 0 Å². The van der Waals surface area contributed by atoms with E-state index in [9.17, 15) is 19.7 Å². The zero-order chi connectivity index (χ0) is 27.5. The Morgan fingerprint density at radius 1 is 1.16 bits per heavy atom. The SMILES string of the molecule is CCOC(=O)c1nc(OC[C@@H]2CCCN2C)nc(N2[C@@H](C)CN(C(=O)OC(C)(C)C)C[C@@H]2C)c1[N+](=O)[O-]. The van der Waals surface area contributed by atoms with Crippen LogP contribution in [0.15, 0.2) is 0 Å². The number of rotatable bonds is 7. The van der Waals surface area contributed by atoms with Crippen molar-refractivity contribution in [3.05, 3.63) is 15.8 Å². The van der Waals surface area contributed by atoms with E-state index < -0.39 is 34.0 Å². The van der Waals surface area contributed by atoms with Gasteiger partial charge in [0, 0.05) is 31.2 Å². The Bertz CT molecular complexity index is 1000. The van der Waals surface area contributed by atoms with Gasteiger partial charge in [0.1, 0.15) is 12.2 Å². The first-order chi connectivity index (χ1) is 17.3. The molecule has 13 nitrogen and oxygen atoms in total. The van der Waals surface area contributed by atoms with Crippen LogP contribution < -0.4 is 9.64 Å². The number of likely N-dealkylation sites (tertiary alicyclic amines) is 1. The van der Waals surface area contributed by atoms with E-state index in [0.717, 1.165) is 19.4 Å². The fourth-order valence-electron chi connectivity index (χ4n) is 4.75. The van der Waals surface area contributed by atoms with Crippen LogP contribution in [0.4, 0.5) is 16.3 Å². The van der Waals surface area contributed by atoms with Crippen molar-refractivity contribution in [2.45, 2.75) is 78.1 Å². The minimum Gasteiger partial charge on any atom is -0.462 e. The lowest BCUT2D eigenvalue weighted by Crippen LogP contribution is -2.59. The van der Waals surface area contributed by atoms with Gasteiger partial charge in [-0.1, -0.05) is 0 Å². The molecule has 0 spiro atoms. The molecule has 206 valence electrons. The van der Waals surface area contributed by atoms with Crippen LogP contribution in [0, 0.1) is 10.1 Å². The second-order valence-electron chi connectivity index (χ2n) is 10.6. The lowest BCUT2D eigenvalue weighted by Gasteiger charge is -2.44. The van der Waals surface area contributed by atoms with E-state index in [4.69, 9.17) is 14.2 Å². The number of anilines is 1. The van der Waals surface area contributed by atoms with E-state index in [2.05, 4.69) is 14.9 Å². The average Bonchev–Trinajstić information content (AvgIpc) is 3.20. The van der Waals surface area contributed by atoms with Gasteiger partial charge in [-0.2, -0.15) is 9.97 Å². The molecule has 2 aliphatic heterocycles. The molecule has 0 aromatic carbocycles. The molecular weight excluding hydrogens is 484 g/mol. The Balaban J connectivity index is 1.98. The predicted octanol–water partition coefficient (Wildman–Crippen LogP) is 2.87. The summed E-state index contributed by atoms with van der Waals surface area (Å²) in [6.45, 7) is 12.4. The van der Waals surface area contributed by atoms with E-state index in [1.165, 1.54) is 0 Å². The second-order valence-corrected chi connectivity index (χ2v) is 10.6. The topological polar surface area (TPSA) is 140 Å². The summed E-state index contributed by atoms with van der Waals surface area (Å²) in [5.74, 6) is -0.963. The zero-order valence-corrected chi connectivity index (χ0v) is 22.7. The molecule has 1 amide bonds. The summed E-state index contributed by atoms with van der Waals surface area (Å²) in [6.07, 6.45) is 1.53. The quantitative estimate of drug-likeness (QED) is 0.296. The van der Waals surface area contributed by atoms with E-state index in [1.54, 1.807) is 37.5 Å². The summed E-state index contributed by atoms with van der Waals surface area (Å²) in [7, 11) is 2.00. The number of likely N-dealkylation sites (N-methyl/N-ethyl adjacent to an activating group) is 1. The highest BCUT2D eigenvalue weighted by molar-refractivity contribution is 5.94. The fraction of sp³-hybridized carbons (Fsp3) is 0.750. The highest BCUT2D eigenvalue weighted by Gasteiger charge is 2.41. The van der Waals surface area contributed by atoms with Crippen LogP contribution in [0.5, 0.6) is 6.01 Å². The number of esters is 1. The molecule has 0 N–H and O–H groups in total. The summed E-state index contributed by atoms with van der Waals surface area (Å²) in [4.78, 5) is 51.0. The maximum atomic E-state index is 12.7. The third-order valence-electron chi connectivity index (χ3n) is 6.39. The molecule has 0 aliphatic carbocycles. The van der Waals surface area contributed by atoms with Gasteiger partial charge in [0.15, 0.2) is 0 Å². The Morgan fingerprint density at radius 2 is 1.81 bits per heavy atom. The Morgan fingerprint density at radius 3 is 2.32 bits per heavy atom. The molecule has 2 fully saturated rings. The van der Waals surface area contributed by atoms with Gasteiger partial charge in [-0.05, 0) is 68.0 Å². The Labute approximate surface area is 217 Å². The van der Waals surface area contributed by atoms with Crippen LogP contribution in [0.25, 0.3) is 0 Å². The van der Waals surface area contributed by atoms with Crippen molar-refractivity contribution in [3.8, 4) is 6.01 Å². The maximum Gasteiger partial charge on any atom is 0.410 e. The van der Waals surface area contributed by atoms with Crippen LogP contribution in [0.3, 0.4) is 0 Å². The summed E-state index contributed by atoms with van der Waals surface area (Å²) in [5.41, 5.74) is -1.66. The summed E-state index contributed by atoms with van der Waals surface area (Å²) in [6, 6.07) is -0.733. The van der Waals surface area contributed by atoms with E-state index in [1.807, 2.05) is 20.9 Å². The first kappa shape index (κ1) is 28.4. The van der Waals surface area contributed by atoms with Gasteiger partial charge in [-0.25, -0.2) is 9.59 Å². The molecule has 3 atom stereocenters. The molecule has 2 saturated heterocycles. The molecule has 1 aromatic rings. The Hall–Kier alpha value is -3.22. The minimum absolute atomic E-state index is 0.0275. The highest BCUT2D eigenvalue weighted by atomic mass is 16.6. The van der Waals surface area contributed by atoms with Gasteiger partial charge in [0.25, 0.3) is 0 Å². The van der Waals surface area contributed by atoms with Crippen molar-refractivity contribution < 1.29 is 28.7 Å². The third-order valence-corrected chi connectivity index (χ3v) is 6.39. The molecule has 0 radical (unpaired) electrons. The number of amides is 1. The van der Waals surface area contributed by atoms with Crippen molar-refractivity contribution in [1.82, 2.24) is 19.8 Å². The number of aromatic nitrogens is 2. The summed E-state index contributed by atoms with van der Waals surface area (Å²) >= 11 is 0. The van der Waals surface area contributed by atoms with Crippen LogP contribution in [-0.4, -0.2) is 100 Å². The largest absolute Gasteiger partial charge is 0.462 e. The van der Waals surface area contributed by atoms with Crippen molar-refractivity contribution in [1.29, 1.82) is 0 Å². The lowest BCUT2D eigenvalue weighted by atomic mass is 10.1. The van der Waals surface area contributed by atoms with Gasteiger partial charge >= 0.3 is 23.8 Å². The van der Waals surface area contributed by atoms with Crippen LogP contribution >= 0.6 is 0 Å². The number of nitrogens with zero attached hydrogens (tertiary/aromatic N) is 6. The van der Waals surface area contributed by atoms with Gasteiger partial charge in [0.05, 0.1) is 11.5 Å². The molecule has 3 rings (SSSR count). The van der Waals surface area contributed by atoms with Crippen LogP contribution in [-0.2, 0) is 9.47 Å². The minimum atomic E-state index is -0.923. The average molecular weight is 523 g/mol. The second kappa shape index (κ2) is 11.4. The summed E-state index contributed by atoms with van der Waals surface area (Å²) in [5, 5.41) is 12.2. The van der Waals surface area contributed by atoms with Gasteiger partial charge < -0.3 is 28.9 Å². The number of carbonyl (C=O) groups excluding carboxylic acids is 2. The number of hydrogen-bond donors (Lipinski definition) is 0. The number of nitro groups is 1. The molecule has 2 aliphatic rings. The highest BCUT2D eigenvalue weighted by Crippen LogP contribution is 2.36. The zero-order valence-electron chi connectivity index (χ0n) is 22.7. The number of carbonyl (C=O) groups is 2. The van der Waals surface area contributed by atoms with E-state index in [0.29, 0.717) is 0 Å². The molecular formula is C24H38N6O7. The third kappa shape index (κ3) is 6.76. The number of ether oxygens (including phenoxy) is 3. The summed E-state index contributed by atoms with van der Waals surface area (Å²) < 4.78 is 16.5. The van der Waals surface area contributed by atoms with Crippen molar-refractivity contribution in [2.75, 3.05) is 44.8 Å². The molecule has 13 heteroatoms. The predicted molar refractivity (Wildman–Crippen MR) is 135 cm³/mol. The smallest absolute Gasteiger partial charge is 0.410 e. The normalized spacial score (nSPS) is 22.6. The molecule has 0 saturated carbocycles. The van der Waals surface area contributed by atoms with Gasteiger partial charge in [0.2, 0.25) is 11.5 Å². The maximum absolute atomic E-state index is 12.7. The molecule has 37 heavy (non-hydrogen) atoms. The van der Waals surface area contributed by atoms with Crippen molar-refractivity contribution in [2.24, 2.45) is 0 Å². The van der Waals surface area contributed by atoms with E-state index in [-0.39, 0.29) is 56.3 Å². The van der Waals surface area contributed by atoms with Crippen LogP contribution in [0.1, 0.15) is 64.9 Å². The molecule has 3 heterocycles. The first-order valence-corrected chi connectivity index (χ1v) is 12.6. The van der Waals surface area contributed by atoms with Crippen molar-refractivity contribution >= 4 is 23.6 Å². The number of hydrogen-bond acceptors (Lipinski definition) is 11. The molecule has 0 unspecified atom stereocenters.